The minimum absolute atomic E-state index is 0.0329. The quantitative estimate of drug-likeness (QED) is 0.375. The molecule has 1 aromatic heterocycles. The lowest BCUT2D eigenvalue weighted by Gasteiger charge is -2.56. The maximum Gasteiger partial charge on any atom is 0.272 e. The number of aliphatic hydroxyl groups excluding tert-OH is 1. The fourth-order valence-corrected chi connectivity index (χ4v) is 5.63. The smallest absolute Gasteiger partial charge is 0.272 e. The summed E-state index contributed by atoms with van der Waals surface area (Å²) in [6.45, 7) is -0.303. The molecule has 3 fully saturated rings. The Balaban J connectivity index is 1.18. The Morgan fingerprint density at radius 2 is 1.76 bits per heavy atom. The summed E-state index contributed by atoms with van der Waals surface area (Å²) in [5, 5.41) is 22.1. The van der Waals surface area contributed by atoms with Crippen LogP contribution in [0.25, 0.3) is 5.69 Å². The maximum atomic E-state index is 13.6. The molecule has 1 atom stereocenters. The summed E-state index contributed by atoms with van der Waals surface area (Å²) in [6, 6.07) is 10.6. The molecule has 6 rings (SSSR count). The second-order valence-electron chi connectivity index (χ2n) is 9.77. The van der Waals surface area contributed by atoms with Crippen molar-refractivity contribution in [1.29, 1.82) is 0 Å². The van der Waals surface area contributed by atoms with Crippen LogP contribution in [-0.4, -0.2) is 50.5 Å². The summed E-state index contributed by atoms with van der Waals surface area (Å²) in [6.07, 6.45) is 3.18. The van der Waals surface area contributed by atoms with Crippen LogP contribution in [0.4, 0.5) is 4.39 Å². The fourth-order valence-electron chi connectivity index (χ4n) is 5.22. The Bertz CT molecular complexity index is 1390. The van der Waals surface area contributed by atoms with Crippen molar-refractivity contribution in [3.8, 4) is 11.4 Å². The molecule has 12 heteroatoms. The molecule has 3 aliphatic rings. The van der Waals surface area contributed by atoms with Crippen LogP contribution in [0.5, 0.6) is 5.75 Å². The molecule has 0 radical (unpaired) electrons. The molecule has 200 valence electrons. The highest BCUT2D eigenvalue weighted by molar-refractivity contribution is 6.42. The van der Waals surface area contributed by atoms with Crippen molar-refractivity contribution in [1.82, 2.24) is 20.4 Å². The van der Waals surface area contributed by atoms with Crippen LogP contribution < -0.4 is 15.4 Å². The van der Waals surface area contributed by atoms with E-state index >= 15 is 0 Å². The van der Waals surface area contributed by atoms with Crippen molar-refractivity contribution >= 4 is 46.6 Å². The number of nitrogens with zero attached hydrogens (tertiary/aromatic N) is 2. The third kappa shape index (κ3) is 5.33. The summed E-state index contributed by atoms with van der Waals surface area (Å²) in [5.74, 6) is -1.22. The summed E-state index contributed by atoms with van der Waals surface area (Å²) in [4.78, 5) is 25.7. The van der Waals surface area contributed by atoms with E-state index in [9.17, 15) is 19.1 Å². The van der Waals surface area contributed by atoms with E-state index in [1.165, 1.54) is 16.8 Å². The van der Waals surface area contributed by atoms with E-state index in [0.29, 0.717) is 41.4 Å². The lowest BCUT2D eigenvalue weighted by molar-refractivity contribution is -0.129. The highest BCUT2D eigenvalue weighted by Crippen LogP contribution is 2.47. The molecular weight excluding hydrogens is 558 g/mol. The second-order valence-corrected chi connectivity index (χ2v) is 11.0. The van der Waals surface area contributed by atoms with Crippen LogP contribution in [0.15, 0.2) is 48.7 Å². The van der Waals surface area contributed by atoms with Gasteiger partial charge >= 0.3 is 0 Å². The molecule has 0 saturated heterocycles. The van der Waals surface area contributed by atoms with Gasteiger partial charge in [0.1, 0.15) is 11.6 Å². The van der Waals surface area contributed by atoms with Gasteiger partial charge in [-0.2, -0.15) is 5.10 Å². The largest absolute Gasteiger partial charge is 0.484 e. The number of hydrogen-bond donors (Lipinski definition) is 3. The lowest BCUT2D eigenvalue weighted by Crippen LogP contribution is -2.70. The molecule has 8 nitrogen and oxygen atoms in total. The number of fused-ring (bicyclic) bond motifs is 3. The molecule has 2 amide bonds. The number of benzene rings is 2. The molecule has 3 N–H and O–H groups in total. The molecule has 2 bridgehead atoms. The third-order valence-corrected chi connectivity index (χ3v) is 8.38. The predicted octanol–water partition coefficient (Wildman–Crippen LogP) is 4.71. The molecule has 0 aliphatic heterocycles. The van der Waals surface area contributed by atoms with Crippen molar-refractivity contribution < 1.29 is 23.8 Å². The lowest BCUT2D eigenvalue weighted by atomic mass is 9.60. The van der Waals surface area contributed by atoms with Gasteiger partial charge in [-0.15, -0.1) is 0 Å². The van der Waals surface area contributed by atoms with Crippen LogP contribution >= 0.6 is 34.8 Å². The molecule has 3 aromatic rings. The number of amides is 2. The first-order chi connectivity index (χ1) is 18.1. The summed E-state index contributed by atoms with van der Waals surface area (Å²) in [7, 11) is 0. The van der Waals surface area contributed by atoms with Crippen molar-refractivity contribution in [2.75, 3.05) is 6.61 Å². The van der Waals surface area contributed by atoms with Crippen LogP contribution in [0, 0.1) is 5.82 Å². The third-order valence-electron chi connectivity index (χ3n) is 7.34. The average molecular weight is 582 g/mol. The van der Waals surface area contributed by atoms with Crippen LogP contribution in [-0.2, 0) is 4.79 Å². The van der Waals surface area contributed by atoms with Gasteiger partial charge < -0.3 is 20.5 Å². The topological polar surface area (TPSA) is 105 Å². The standard InChI is InChI=1S/C26H24Cl3FN4O4/c27-17-3-1-15(11-19(17)29)34-10-5-21(33-34)24(37)32-26-8-6-25(7-9-26,13-22(26)35)31-23(36)14-38-16-2-4-18(28)20(30)12-16/h1-5,10-12,22,35H,6-9,13-14H2,(H,31,36)(H,32,37)/t22-,25?,26?/m0/s1. The highest BCUT2D eigenvalue weighted by Gasteiger charge is 2.55. The number of carbonyl (C=O) groups is 2. The van der Waals surface area contributed by atoms with Gasteiger partial charge in [-0.3, -0.25) is 9.59 Å². The number of hydrogen-bond acceptors (Lipinski definition) is 5. The second kappa shape index (κ2) is 10.4. The van der Waals surface area contributed by atoms with Crippen LogP contribution in [0.1, 0.15) is 42.6 Å². The maximum absolute atomic E-state index is 13.6. The number of rotatable bonds is 7. The zero-order valence-electron chi connectivity index (χ0n) is 20.0. The van der Waals surface area contributed by atoms with Crippen molar-refractivity contribution in [2.45, 2.75) is 49.3 Å². The van der Waals surface area contributed by atoms with E-state index in [4.69, 9.17) is 39.5 Å². The van der Waals surface area contributed by atoms with Crippen molar-refractivity contribution in [3.63, 3.8) is 0 Å². The first-order valence-corrected chi connectivity index (χ1v) is 13.1. The molecule has 38 heavy (non-hydrogen) atoms. The highest BCUT2D eigenvalue weighted by atomic mass is 35.5. The van der Waals surface area contributed by atoms with Gasteiger partial charge in [0.05, 0.1) is 32.4 Å². The summed E-state index contributed by atoms with van der Waals surface area (Å²) >= 11 is 17.7. The zero-order valence-corrected chi connectivity index (χ0v) is 22.3. The van der Waals surface area contributed by atoms with Gasteiger partial charge in [0.15, 0.2) is 12.3 Å². The van der Waals surface area contributed by atoms with Gasteiger partial charge in [-0.05, 0) is 68.5 Å². The van der Waals surface area contributed by atoms with Gasteiger partial charge in [-0.25, -0.2) is 9.07 Å². The number of aliphatic hydroxyl groups is 1. The Kier molecular flexibility index (Phi) is 7.30. The predicted molar refractivity (Wildman–Crippen MR) is 141 cm³/mol. The summed E-state index contributed by atoms with van der Waals surface area (Å²) < 4.78 is 20.5. The first kappa shape index (κ1) is 26.7. The van der Waals surface area contributed by atoms with Gasteiger partial charge in [0.25, 0.3) is 11.8 Å². The first-order valence-electron chi connectivity index (χ1n) is 12.0. The van der Waals surface area contributed by atoms with Gasteiger partial charge in [-0.1, -0.05) is 34.8 Å². The molecule has 0 spiro atoms. The Labute approximate surface area is 233 Å². The number of halogens is 4. The number of nitrogens with one attached hydrogen (secondary N) is 2. The van der Waals surface area contributed by atoms with Crippen molar-refractivity contribution in [2.24, 2.45) is 0 Å². The average Bonchev–Trinajstić information content (AvgIpc) is 3.38. The molecule has 0 unspecified atom stereocenters. The van der Waals surface area contributed by atoms with E-state index in [0.717, 1.165) is 6.07 Å². The summed E-state index contributed by atoms with van der Waals surface area (Å²) in [5.41, 5.74) is -0.566. The van der Waals surface area contributed by atoms with Gasteiger partial charge in [0.2, 0.25) is 0 Å². The monoisotopic (exact) mass is 580 g/mol. The zero-order chi connectivity index (χ0) is 27.1. The Morgan fingerprint density at radius 1 is 1.03 bits per heavy atom. The Morgan fingerprint density at radius 3 is 2.45 bits per heavy atom. The molecule has 3 aliphatic carbocycles. The van der Waals surface area contributed by atoms with E-state index < -0.39 is 28.9 Å². The fraction of sp³-hybridized carbons (Fsp3) is 0.346. The number of ether oxygens (including phenoxy) is 1. The molecule has 2 aromatic carbocycles. The number of carbonyl (C=O) groups excluding carboxylic acids is 2. The molecular formula is C26H24Cl3FN4O4. The van der Waals surface area contributed by atoms with Crippen molar-refractivity contribution in [3.05, 3.63) is 75.2 Å². The SMILES string of the molecule is O=C(COc1ccc(Cl)c(F)c1)NC12CCC(NC(=O)c3ccn(-c4ccc(Cl)c(Cl)c4)n3)(CC1)[C@@H](O)C2. The minimum atomic E-state index is -0.863. The normalized spacial score (nSPS) is 24.2. The van der Waals surface area contributed by atoms with Crippen LogP contribution in [0.3, 0.4) is 0 Å². The van der Waals surface area contributed by atoms with E-state index in [1.54, 1.807) is 30.5 Å². The van der Waals surface area contributed by atoms with Crippen LogP contribution in [0.2, 0.25) is 15.1 Å². The van der Waals surface area contributed by atoms with E-state index in [2.05, 4.69) is 15.7 Å². The number of aromatic nitrogens is 2. The van der Waals surface area contributed by atoms with E-state index in [1.807, 2.05) is 0 Å². The molecule has 3 saturated carbocycles. The molecule has 1 heterocycles. The van der Waals surface area contributed by atoms with Gasteiger partial charge in [0, 0.05) is 17.8 Å². The minimum Gasteiger partial charge on any atom is -0.484 e. The van der Waals surface area contributed by atoms with E-state index in [-0.39, 0.29) is 35.4 Å². The Hall–Kier alpha value is -2.85.